The van der Waals surface area contributed by atoms with Gasteiger partial charge in [-0.25, -0.2) is 0 Å². The molecule has 0 bridgehead atoms. The number of thiophene rings is 1. The lowest BCUT2D eigenvalue weighted by atomic mass is 10.0. The molecule has 0 saturated heterocycles. The van der Waals surface area contributed by atoms with E-state index in [4.69, 9.17) is 11.1 Å². The number of nitrogens with two attached hydrogens (primary N) is 1. The van der Waals surface area contributed by atoms with Gasteiger partial charge >= 0.3 is 0 Å². The summed E-state index contributed by atoms with van der Waals surface area (Å²) in [5.41, 5.74) is 8.77. The van der Waals surface area contributed by atoms with Crippen LogP contribution in [0.2, 0.25) is 0 Å². The molecule has 1 unspecified atom stereocenters. The van der Waals surface area contributed by atoms with E-state index >= 15 is 0 Å². The molecule has 1 aliphatic carbocycles. The fourth-order valence-corrected chi connectivity index (χ4v) is 4.57. The number of carbonyl (C=O) groups excluding carboxylic acids is 1. The molecule has 3 rings (SSSR count). The Labute approximate surface area is 183 Å². The number of benzene rings is 1. The summed E-state index contributed by atoms with van der Waals surface area (Å²) < 4.78 is 1.16. The van der Waals surface area contributed by atoms with E-state index in [9.17, 15) is 4.79 Å². The van der Waals surface area contributed by atoms with Crippen molar-refractivity contribution < 1.29 is 4.79 Å². The van der Waals surface area contributed by atoms with E-state index in [-0.39, 0.29) is 11.8 Å². The van der Waals surface area contributed by atoms with Crippen molar-refractivity contribution in [1.82, 2.24) is 5.32 Å². The first-order chi connectivity index (χ1) is 14.5. The van der Waals surface area contributed by atoms with Crippen molar-refractivity contribution in [2.24, 2.45) is 11.7 Å². The molecule has 1 aromatic carbocycles. The maximum absolute atomic E-state index is 12.5. The third-order valence-corrected chi connectivity index (χ3v) is 6.60. The van der Waals surface area contributed by atoms with Gasteiger partial charge in [-0.1, -0.05) is 63.8 Å². The van der Waals surface area contributed by atoms with E-state index < -0.39 is 0 Å². The van der Waals surface area contributed by atoms with Crippen LogP contribution in [0.15, 0.2) is 65.5 Å². The van der Waals surface area contributed by atoms with Crippen LogP contribution in [0.3, 0.4) is 0 Å². The van der Waals surface area contributed by atoms with Gasteiger partial charge in [-0.3, -0.25) is 10.2 Å². The second-order valence-corrected chi connectivity index (χ2v) is 8.98. The van der Waals surface area contributed by atoms with Crippen LogP contribution < -0.4 is 11.1 Å². The van der Waals surface area contributed by atoms with Crippen LogP contribution in [0.1, 0.15) is 57.2 Å². The number of nitrogens with one attached hydrogen (secondary N) is 2. The molecule has 30 heavy (non-hydrogen) atoms. The largest absolute Gasteiger partial charge is 0.398 e. The number of fused-ring (bicyclic) bond motifs is 1. The van der Waals surface area contributed by atoms with Gasteiger partial charge in [0.05, 0.1) is 10.6 Å². The first-order valence-corrected chi connectivity index (χ1v) is 11.6. The minimum absolute atomic E-state index is 0.00682. The number of hydrogen-bond donors (Lipinski definition) is 3. The summed E-state index contributed by atoms with van der Waals surface area (Å²) in [5, 5.41) is 12.9. The highest BCUT2D eigenvalue weighted by Gasteiger charge is 2.17. The molecule has 1 heterocycles. The summed E-state index contributed by atoms with van der Waals surface area (Å²) in [7, 11) is 0. The van der Waals surface area contributed by atoms with Crippen LogP contribution in [0.4, 0.5) is 0 Å². The lowest BCUT2D eigenvalue weighted by Crippen LogP contribution is -2.28. The van der Waals surface area contributed by atoms with Gasteiger partial charge in [-0.2, -0.15) is 0 Å². The minimum Gasteiger partial charge on any atom is -0.398 e. The minimum atomic E-state index is -0.00682. The predicted octanol–water partition coefficient (Wildman–Crippen LogP) is 6.05. The number of carbonyl (C=O) groups is 1. The third kappa shape index (κ3) is 5.48. The standard InChI is InChI=1S/C25H31N3OS/c1-3-4-5-6-9-17(2)25(29)28-19-12-14-20(21(26)15-13-19)24(27)23-16-18-10-7-8-11-22(18)30-23/h7-8,10-11,13-17,27H,3-6,9,12,26H2,1-2H3,(H,28,29). The van der Waals surface area contributed by atoms with Gasteiger partial charge in [0.15, 0.2) is 0 Å². The molecule has 0 spiro atoms. The van der Waals surface area contributed by atoms with Crippen molar-refractivity contribution in [2.75, 3.05) is 0 Å². The van der Waals surface area contributed by atoms with Crippen molar-refractivity contribution in [3.63, 3.8) is 0 Å². The average Bonchev–Trinajstić information content (AvgIpc) is 3.10. The summed E-state index contributed by atoms with van der Waals surface area (Å²) in [6.07, 6.45) is 11.8. The molecule has 1 atom stereocenters. The molecular weight excluding hydrogens is 390 g/mol. The fraction of sp³-hybridized carbons (Fsp3) is 0.360. The summed E-state index contributed by atoms with van der Waals surface area (Å²) in [6, 6.07) is 10.2. The molecule has 0 aliphatic heterocycles. The molecular formula is C25H31N3OS. The Kier molecular flexibility index (Phi) is 7.63. The molecule has 158 valence electrons. The molecule has 1 amide bonds. The highest BCUT2D eigenvalue weighted by Crippen LogP contribution is 2.29. The number of unbranched alkanes of at least 4 members (excludes halogenated alkanes) is 3. The van der Waals surface area contributed by atoms with Crippen LogP contribution >= 0.6 is 11.3 Å². The number of hydrogen-bond acceptors (Lipinski definition) is 4. The molecule has 0 saturated carbocycles. The summed E-state index contributed by atoms with van der Waals surface area (Å²) in [4.78, 5) is 13.4. The normalized spacial score (nSPS) is 15.1. The zero-order chi connectivity index (χ0) is 21.5. The first-order valence-electron chi connectivity index (χ1n) is 10.7. The number of allylic oxidation sites excluding steroid dienone is 4. The lowest BCUT2D eigenvalue weighted by molar-refractivity contribution is -0.124. The van der Waals surface area contributed by atoms with Crippen molar-refractivity contribution in [1.29, 1.82) is 5.41 Å². The summed E-state index contributed by atoms with van der Waals surface area (Å²) in [6.45, 7) is 4.18. The van der Waals surface area contributed by atoms with Gasteiger partial charge in [0.1, 0.15) is 0 Å². The second kappa shape index (κ2) is 10.4. The maximum Gasteiger partial charge on any atom is 0.226 e. The Hall–Kier alpha value is -2.66. The van der Waals surface area contributed by atoms with Gasteiger partial charge in [-0.05, 0) is 36.1 Å². The van der Waals surface area contributed by atoms with E-state index in [0.717, 1.165) is 39.1 Å². The fourth-order valence-electron chi connectivity index (χ4n) is 3.54. The highest BCUT2D eigenvalue weighted by molar-refractivity contribution is 7.21. The van der Waals surface area contributed by atoms with Gasteiger partial charge in [-0.15, -0.1) is 11.3 Å². The summed E-state index contributed by atoms with van der Waals surface area (Å²) >= 11 is 1.60. The van der Waals surface area contributed by atoms with E-state index in [1.807, 2.05) is 37.3 Å². The van der Waals surface area contributed by atoms with Crippen LogP contribution in [-0.2, 0) is 4.79 Å². The highest BCUT2D eigenvalue weighted by atomic mass is 32.1. The summed E-state index contributed by atoms with van der Waals surface area (Å²) in [5.74, 6) is 0.0498. The van der Waals surface area contributed by atoms with E-state index in [1.165, 1.54) is 19.3 Å². The van der Waals surface area contributed by atoms with E-state index in [2.05, 4.69) is 24.4 Å². The monoisotopic (exact) mass is 421 g/mol. The average molecular weight is 422 g/mol. The van der Waals surface area contributed by atoms with Gasteiger partial charge < -0.3 is 11.1 Å². The Morgan fingerprint density at radius 2 is 2.03 bits per heavy atom. The number of rotatable bonds is 9. The topological polar surface area (TPSA) is 79.0 Å². The first kappa shape index (κ1) is 22.0. The second-order valence-electron chi connectivity index (χ2n) is 7.90. The van der Waals surface area contributed by atoms with E-state index in [0.29, 0.717) is 17.8 Å². The van der Waals surface area contributed by atoms with Gasteiger partial charge in [0, 0.05) is 34.0 Å². The van der Waals surface area contributed by atoms with Crippen molar-refractivity contribution in [2.45, 2.75) is 52.4 Å². The van der Waals surface area contributed by atoms with Crippen LogP contribution in [0.25, 0.3) is 10.1 Å². The Morgan fingerprint density at radius 1 is 1.23 bits per heavy atom. The maximum atomic E-state index is 12.5. The van der Waals surface area contributed by atoms with E-state index in [1.54, 1.807) is 17.4 Å². The van der Waals surface area contributed by atoms with Crippen molar-refractivity contribution in [3.05, 3.63) is 70.4 Å². The van der Waals surface area contributed by atoms with Crippen LogP contribution in [0.5, 0.6) is 0 Å². The zero-order valence-electron chi connectivity index (χ0n) is 17.8. The quantitative estimate of drug-likeness (QED) is 0.340. The molecule has 0 fully saturated rings. The molecule has 1 aliphatic rings. The molecule has 4 N–H and O–H groups in total. The Bertz CT molecular complexity index is 979. The molecule has 0 radical (unpaired) electrons. The Balaban J connectivity index is 1.64. The molecule has 1 aromatic heterocycles. The van der Waals surface area contributed by atoms with Crippen LogP contribution in [0, 0.1) is 11.3 Å². The van der Waals surface area contributed by atoms with Gasteiger partial charge in [0.2, 0.25) is 5.91 Å². The SMILES string of the molecule is CCCCCCC(C)C(=O)NC1=CC=C(N)C(C(=N)c2cc3ccccc3s2)=CC1. The lowest BCUT2D eigenvalue weighted by Gasteiger charge is -2.13. The van der Waals surface area contributed by atoms with Crippen LogP contribution in [-0.4, -0.2) is 11.6 Å². The molecule has 2 aromatic rings. The smallest absolute Gasteiger partial charge is 0.226 e. The Morgan fingerprint density at radius 3 is 2.80 bits per heavy atom. The molecule has 5 heteroatoms. The molecule has 4 nitrogen and oxygen atoms in total. The number of amides is 1. The third-order valence-electron chi connectivity index (χ3n) is 5.46. The van der Waals surface area contributed by atoms with Crippen molar-refractivity contribution in [3.8, 4) is 0 Å². The predicted molar refractivity (Wildman–Crippen MR) is 128 cm³/mol. The van der Waals surface area contributed by atoms with Gasteiger partial charge in [0.25, 0.3) is 0 Å². The van der Waals surface area contributed by atoms with Crippen molar-refractivity contribution >= 4 is 33.0 Å². The zero-order valence-corrected chi connectivity index (χ0v) is 18.6.